The number of nitrogens with zero attached hydrogens (tertiary/aromatic N) is 3. The van der Waals surface area contributed by atoms with Crippen molar-refractivity contribution in [2.45, 2.75) is 31.0 Å². The Hall–Kier alpha value is -3.52. The monoisotopic (exact) mass is 448 g/mol. The predicted octanol–water partition coefficient (Wildman–Crippen LogP) is 4.20. The van der Waals surface area contributed by atoms with Crippen molar-refractivity contribution in [2.24, 2.45) is 0 Å². The van der Waals surface area contributed by atoms with Crippen LogP contribution < -0.4 is 10.1 Å². The molecule has 2 aromatic carbocycles. The van der Waals surface area contributed by atoms with Crippen LogP contribution in [-0.4, -0.2) is 52.2 Å². The lowest BCUT2D eigenvalue weighted by molar-refractivity contribution is -0.0453. The zero-order chi connectivity index (χ0) is 22.7. The number of aromatic nitrogens is 2. The molecule has 170 valence electrons. The number of anilines is 2. The molecule has 0 saturated carbocycles. The molecule has 2 atom stereocenters. The van der Waals surface area contributed by atoms with Gasteiger partial charge in [0.05, 0.1) is 18.8 Å². The molecule has 0 bridgehead atoms. The van der Waals surface area contributed by atoms with Crippen LogP contribution in [0, 0.1) is 5.82 Å². The fraction of sp³-hybridized carbons (Fsp3) is 0.320. The highest BCUT2D eigenvalue weighted by molar-refractivity contribution is 5.95. The Kier molecular flexibility index (Phi) is 5.92. The van der Waals surface area contributed by atoms with Gasteiger partial charge in [-0.3, -0.25) is 4.79 Å². The van der Waals surface area contributed by atoms with Crippen molar-refractivity contribution in [3.05, 3.63) is 78.4 Å². The summed E-state index contributed by atoms with van der Waals surface area (Å²) in [5.41, 5.74) is 0.914. The van der Waals surface area contributed by atoms with Crippen LogP contribution >= 0.6 is 0 Å². The van der Waals surface area contributed by atoms with Crippen molar-refractivity contribution in [1.29, 1.82) is 0 Å². The minimum absolute atomic E-state index is 0.0372. The van der Waals surface area contributed by atoms with Crippen molar-refractivity contribution in [1.82, 2.24) is 14.9 Å². The van der Waals surface area contributed by atoms with Crippen molar-refractivity contribution in [2.75, 3.05) is 25.0 Å². The molecule has 8 heteroatoms. The van der Waals surface area contributed by atoms with Crippen molar-refractivity contribution >= 4 is 17.5 Å². The zero-order valence-corrected chi connectivity index (χ0v) is 18.1. The first-order valence-corrected chi connectivity index (χ1v) is 11.1. The molecule has 5 rings (SSSR count). The van der Waals surface area contributed by atoms with Gasteiger partial charge in [0.1, 0.15) is 17.7 Å². The molecule has 1 spiro atoms. The van der Waals surface area contributed by atoms with E-state index in [1.807, 2.05) is 29.2 Å². The average molecular weight is 448 g/mol. The summed E-state index contributed by atoms with van der Waals surface area (Å²) in [6.45, 7) is 1.61. The van der Waals surface area contributed by atoms with Gasteiger partial charge in [0.2, 0.25) is 5.95 Å². The Bertz CT molecular complexity index is 1130. The van der Waals surface area contributed by atoms with Gasteiger partial charge in [-0.05, 0) is 49.2 Å². The lowest BCUT2D eigenvalue weighted by Gasteiger charge is -2.39. The summed E-state index contributed by atoms with van der Waals surface area (Å²) >= 11 is 0. The maximum atomic E-state index is 13.5. The predicted molar refractivity (Wildman–Crippen MR) is 121 cm³/mol. The summed E-state index contributed by atoms with van der Waals surface area (Å²) in [6, 6.07) is 15.2. The number of carbonyl (C=O) groups is 1. The van der Waals surface area contributed by atoms with Gasteiger partial charge in [-0.15, -0.1) is 0 Å². The van der Waals surface area contributed by atoms with Gasteiger partial charge in [0.25, 0.3) is 5.91 Å². The molecule has 1 amide bonds. The molecule has 7 nitrogen and oxygen atoms in total. The Balaban J connectivity index is 1.24. The fourth-order valence-electron chi connectivity index (χ4n) is 4.57. The molecule has 2 aliphatic rings. The second-order valence-corrected chi connectivity index (χ2v) is 8.50. The Morgan fingerprint density at radius 3 is 2.85 bits per heavy atom. The lowest BCUT2D eigenvalue weighted by Crippen LogP contribution is -2.50. The molecule has 2 aliphatic heterocycles. The molecule has 2 saturated heterocycles. The number of hydrogen-bond acceptors (Lipinski definition) is 6. The van der Waals surface area contributed by atoms with Gasteiger partial charge in [-0.1, -0.05) is 12.1 Å². The highest BCUT2D eigenvalue weighted by atomic mass is 19.1. The molecule has 0 unspecified atom stereocenters. The molecule has 1 aromatic heterocycles. The molecular weight excluding hydrogens is 423 g/mol. The van der Waals surface area contributed by atoms with Gasteiger partial charge in [-0.2, -0.15) is 0 Å². The number of likely N-dealkylation sites (tertiary alicyclic amines) is 1. The molecule has 33 heavy (non-hydrogen) atoms. The zero-order valence-electron chi connectivity index (χ0n) is 18.1. The standard InChI is InChI=1S/C25H25FN4O3/c26-19-6-2-8-21(14-19)33-22-15-25(32-16-22)9-3-12-30(17-25)23(31)18-5-1-7-20(13-18)29-24-27-10-4-11-28-24/h1-2,4-8,10-11,13-14,22H,3,9,12,15-17H2,(H,27,28,29)/t22-,25+/m1/s1. The van der Waals surface area contributed by atoms with Gasteiger partial charge < -0.3 is 19.7 Å². The minimum atomic E-state index is -0.431. The third-order valence-corrected chi connectivity index (χ3v) is 6.03. The van der Waals surface area contributed by atoms with E-state index >= 15 is 0 Å². The third-order valence-electron chi connectivity index (χ3n) is 6.03. The highest BCUT2D eigenvalue weighted by Gasteiger charge is 2.45. The van der Waals surface area contributed by atoms with E-state index in [1.165, 1.54) is 12.1 Å². The van der Waals surface area contributed by atoms with Crippen LogP contribution in [0.5, 0.6) is 5.75 Å². The van der Waals surface area contributed by atoms with Crippen LogP contribution in [0.1, 0.15) is 29.6 Å². The van der Waals surface area contributed by atoms with E-state index in [9.17, 15) is 9.18 Å². The van der Waals surface area contributed by atoms with Gasteiger partial charge >= 0.3 is 0 Å². The first-order chi connectivity index (χ1) is 16.1. The molecule has 1 N–H and O–H groups in total. The van der Waals surface area contributed by atoms with Crippen molar-refractivity contribution < 1.29 is 18.7 Å². The van der Waals surface area contributed by atoms with Gasteiger partial charge in [0.15, 0.2) is 0 Å². The molecular formula is C25H25FN4O3. The number of rotatable bonds is 5. The number of carbonyl (C=O) groups excluding carboxylic acids is 1. The molecule has 2 fully saturated rings. The maximum Gasteiger partial charge on any atom is 0.254 e. The smallest absolute Gasteiger partial charge is 0.254 e. The number of nitrogens with one attached hydrogen (secondary N) is 1. The Morgan fingerprint density at radius 1 is 1.15 bits per heavy atom. The molecule has 0 radical (unpaired) electrons. The quantitative estimate of drug-likeness (QED) is 0.630. The topological polar surface area (TPSA) is 76.6 Å². The number of benzene rings is 2. The van der Waals surface area contributed by atoms with Gasteiger partial charge in [-0.25, -0.2) is 14.4 Å². The third kappa shape index (κ3) is 4.96. The summed E-state index contributed by atoms with van der Waals surface area (Å²) in [4.78, 5) is 23.5. The van der Waals surface area contributed by atoms with Crippen LogP contribution in [0.3, 0.4) is 0 Å². The second kappa shape index (κ2) is 9.15. The van der Waals surface area contributed by atoms with Crippen LogP contribution in [0.15, 0.2) is 67.0 Å². The fourth-order valence-corrected chi connectivity index (χ4v) is 4.57. The summed E-state index contributed by atoms with van der Waals surface area (Å²) < 4.78 is 25.6. The SMILES string of the molecule is O=C(c1cccc(Nc2ncccn2)c1)N1CCC[C@]2(C[C@@H](Oc3cccc(F)c3)CO2)C1. The summed E-state index contributed by atoms with van der Waals surface area (Å²) in [6.07, 6.45) is 5.54. The first kappa shape index (κ1) is 21.3. The Labute approximate surface area is 191 Å². The number of ether oxygens (including phenoxy) is 2. The summed E-state index contributed by atoms with van der Waals surface area (Å²) in [7, 11) is 0. The summed E-state index contributed by atoms with van der Waals surface area (Å²) in [5, 5.41) is 3.12. The van der Waals surface area contributed by atoms with E-state index in [2.05, 4.69) is 15.3 Å². The van der Waals surface area contributed by atoms with E-state index in [0.717, 1.165) is 18.5 Å². The summed E-state index contributed by atoms with van der Waals surface area (Å²) in [5.74, 6) is 0.606. The lowest BCUT2D eigenvalue weighted by atomic mass is 9.89. The number of hydrogen-bond donors (Lipinski definition) is 1. The second-order valence-electron chi connectivity index (χ2n) is 8.50. The van der Waals surface area contributed by atoms with E-state index < -0.39 is 5.60 Å². The normalized spacial score (nSPS) is 22.3. The van der Waals surface area contributed by atoms with Crippen molar-refractivity contribution in [3.8, 4) is 5.75 Å². The van der Waals surface area contributed by atoms with E-state index in [-0.39, 0.29) is 17.8 Å². The maximum absolute atomic E-state index is 13.5. The van der Waals surface area contributed by atoms with Gasteiger partial charge in [0, 0.05) is 42.7 Å². The largest absolute Gasteiger partial charge is 0.488 e. The van der Waals surface area contributed by atoms with Crippen LogP contribution in [0.4, 0.5) is 16.0 Å². The number of amides is 1. The van der Waals surface area contributed by atoms with Crippen LogP contribution in [-0.2, 0) is 4.74 Å². The van der Waals surface area contributed by atoms with Crippen molar-refractivity contribution in [3.63, 3.8) is 0 Å². The number of piperidine rings is 1. The van der Waals surface area contributed by atoms with Crippen LogP contribution in [0.25, 0.3) is 0 Å². The molecule has 3 heterocycles. The van der Waals surface area contributed by atoms with E-state index in [0.29, 0.717) is 43.4 Å². The van der Waals surface area contributed by atoms with Crippen LogP contribution in [0.2, 0.25) is 0 Å². The minimum Gasteiger partial charge on any atom is -0.488 e. The molecule has 0 aliphatic carbocycles. The van der Waals surface area contributed by atoms with E-state index in [1.54, 1.807) is 30.6 Å². The number of halogens is 1. The Morgan fingerprint density at radius 2 is 2.00 bits per heavy atom. The first-order valence-electron chi connectivity index (χ1n) is 11.1. The average Bonchev–Trinajstić information content (AvgIpc) is 3.20. The highest BCUT2D eigenvalue weighted by Crippen LogP contribution is 2.37. The van der Waals surface area contributed by atoms with E-state index in [4.69, 9.17) is 9.47 Å². The molecule has 3 aromatic rings.